The first-order valence-corrected chi connectivity index (χ1v) is 14.4. The van der Waals surface area contributed by atoms with E-state index in [9.17, 15) is 23.1 Å². The van der Waals surface area contributed by atoms with Gasteiger partial charge in [-0.05, 0) is 74.4 Å². The first kappa shape index (κ1) is 28.6. The second kappa shape index (κ2) is 11.5. The minimum atomic E-state index is -4.11. The van der Waals surface area contributed by atoms with Gasteiger partial charge in [0.2, 0.25) is 15.9 Å². The van der Waals surface area contributed by atoms with E-state index in [1.54, 1.807) is 48.5 Å². The van der Waals surface area contributed by atoms with Gasteiger partial charge in [-0.1, -0.05) is 12.1 Å². The molecule has 218 valence electrons. The quantitative estimate of drug-likeness (QED) is 0.230. The van der Waals surface area contributed by atoms with E-state index in [0.29, 0.717) is 30.0 Å². The van der Waals surface area contributed by atoms with Crippen LogP contribution in [0.3, 0.4) is 0 Å². The van der Waals surface area contributed by atoms with Crippen molar-refractivity contribution in [2.24, 2.45) is 0 Å². The lowest BCUT2D eigenvalue weighted by molar-refractivity contribution is 0.0689. The summed E-state index contributed by atoms with van der Waals surface area (Å²) in [6, 6.07) is 17.3. The number of sulfonamides is 1. The van der Waals surface area contributed by atoms with Crippen LogP contribution in [0.15, 0.2) is 71.6 Å². The van der Waals surface area contributed by atoms with Crippen LogP contribution in [0.4, 0.5) is 5.69 Å². The molecule has 1 heterocycles. The summed E-state index contributed by atoms with van der Waals surface area (Å²) >= 11 is 0. The van der Waals surface area contributed by atoms with Crippen molar-refractivity contribution in [3.63, 3.8) is 0 Å². The van der Waals surface area contributed by atoms with Crippen molar-refractivity contribution in [3.8, 4) is 28.8 Å². The van der Waals surface area contributed by atoms with Crippen LogP contribution in [0.25, 0.3) is 5.69 Å². The molecule has 0 aliphatic heterocycles. The lowest BCUT2D eigenvalue weighted by Gasteiger charge is -2.16. The Morgan fingerprint density at radius 3 is 2.33 bits per heavy atom. The van der Waals surface area contributed by atoms with E-state index < -0.39 is 21.9 Å². The third-order valence-corrected chi connectivity index (χ3v) is 8.08. The summed E-state index contributed by atoms with van der Waals surface area (Å²) in [7, 11) is -1.14. The molecule has 1 fully saturated rings. The second-order valence-electron chi connectivity index (χ2n) is 9.51. The summed E-state index contributed by atoms with van der Waals surface area (Å²) in [5.74, 6) is -0.927. The normalized spacial score (nSPS) is 12.9. The number of amides is 1. The fourth-order valence-corrected chi connectivity index (χ4v) is 5.66. The number of para-hydroxylation sites is 1. The van der Waals surface area contributed by atoms with Gasteiger partial charge in [0.15, 0.2) is 5.69 Å². The number of benzene rings is 3. The van der Waals surface area contributed by atoms with Crippen LogP contribution in [0, 0.1) is 6.92 Å². The molecular weight excluding hydrogens is 564 g/mol. The van der Waals surface area contributed by atoms with E-state index >= 15 is 0 Å². The topological polar surface area (TPSA) is 158 Å². The molecule has 12 nitrogen and oxygen atoms in total. The van der Waals surface area contributed by atoms with Gasteiger partial charge in [0.05, 0.1) is 25.5 Å². The van der Waals surface area contributed by atoms with E-state index in [-0.39, 0.29) is 45.1 Å². The Balaban J connectivity index is 1.56. The molecule has 1 aromatic heterocycles. The molecular formula is C29H28N4O8S. The molecule has 1 saturated carbocycles. The van der Waals surface area contributed by atoms with Crippen LogP contribution in [0.5, 0.6) is 23.1 Å². The van der Waals surface area contributed by atoms with Crippen LogP contribution in [-0.2, 0) is 10.0 Å². The van der Waals surface area contributed by atoms with E-state index in [1.807, 2.05) is 0 Å². The molecule has 42 heavy (non-hydrogen) atoms. The molecule has 0 saturated heterocycles. The summed E-state index contributed by atoms with van der Waals surface area (Å²) in [6.45, 7) is 1.52. The number of ether oxygens (including phenoxy) is 3. The maximum atomic E-state index is 13.5. The van der Waals surface area contributed by atoms with Crippen LogP contribution < -0.4 is 24.2 Å². The largest absolute Gasteiger partial charge is 0.497 e. The molecule has 3 N–H and O–H groups in total. The SMILES string of the molecule is COc1ccc(-n2nc(C(=O)O)c(C)c2Oc2ccc(NC(=O)c3ccccc3OC)cc2S(=O)(=O)NC2CC2)cc1. The number of carbonyl (C=O) groups excluding carboxylic acids is 1. The lowest BCUT2D eigenvalue weighted by atomic mass is 10.2. The molecule has 3 aromatic carbocycles. The number of rotatable bonds is 11. The van der Waals surface area contributed by atoms with Gasteiger partial charge in [-0.2, -0.15) is 9.78 Å². The van der Waals surface area contributed by atoms with Crippen molar-refractivity contribution in [2.45, 2.75) is 30.7 Å². The maximum Gasteiger partial charge on any atom is 0.356 e. The molecule has 0 spiro atoms. The Bertz CT molecular complexity index is 1760. The number of methoxy groups -OCH3 is 2. The van der Waals surface area contributed by atoms with Gasteiger partial charge in [-0.15, -0.1) is 0 Å². The molecule has 4 aromatic rings. The zero-order valence-electron chi connectivity index (χ0n) is 23.0. The summed E-state index contributed by atoms with van der Waals surface area (Å²) in [6.07, 6.45) is 1.40. The van der Waals surface area contributed by atoms with Crippen molar-refractivity contribution in [3.05, 3.63) is 83.6 Å². The molecule has 0 unspecified atom stereocenters. The number of hydrogen-bond acceptors (Lipinski definition) is 8. The number of nitrogens with one attached hydrogen (secondary N) is 2. The predicted molar refractivity (Wildman–Crippen MR) is 153 cm³/mol. The van der Waals surface area contributed by atoms with Gasteiger partial charge in [-0.25, -0.2) is 17.9 Å². The fraction of sp³-hybridized carbons (Fsp3) is 0.207. The number of anilines is 1. The minimum absolute atomic E-state index is 0.00578. The number of aromatic carboxylic acids is 1. The lowest BCUT2D eigenvalue weighted by Crippen LogP contribution is -2.26. The molecule has 0 radical (unpaired) electrons. The van der Waals surface area contributed by atoms with Crippen LogP contribution in [0.1, 0.15) is 39.3 Å². The minimum Gasteiger partial charge on any atom is -0.497 e. The third-order valence-electron chi connectivity index (χ3n) is 6.54. The number of carbonyl (C=O) groups is 2. The van der Waals surface area contributed by atoms with E-state index in [0.717, 1.165) is 0 Å². The monoisotopic (exact) mass is 592 g/mol. The van der Waals surface area contributed by atoms with Crippen LogP contribution in [0.2, 0.25) is 0 Å². The van der Waals surface area contributed by atoms with E-state index in [4.69, 9.17) is 14.2 Å². The summed E-state index contributed by atoms with van der Waals surface area (Å²) < 4.78 is 47.5. The Kier molecular flexibility index (Phi) is 7.87. The number of hydrogen-bond donors (Lipinski definition) is 3. The molecule has 1 aliphatic carbocycles. The highest BCUT2D eigenvalue weighted by Crippen LogP contribution is 2.36. The highest BCUT2D eigenvalue weighted by molar-refractivity contribution is 7.89. The summed E-state index contributed by atoms with van der Waals surface area (Å²) in [4.78, 5) is 24.7. The number of carboxylic acid groups (broad SMARTS) is 1. The number of carboxylic acids is 1. The predicted octanol–water partition coefficient (Wildman–Crippen LogP) is 4.38. The van der Waals surface area contributed by atoms with E-state index in [2.05, 4.69) is 15.1 Å². The van der Waals surface area contributed by atoms with Gasteiger partial charge in [0.1, 0.15) is 22.1 Å². The molecule has 5 rings (SSSR count). The maximum absolute atomic E-state index is 13.5. The van der Waals surface area contributed by atoms with Crippen molar-refractivity contribution in [1.82, 2.24) is 14.5 Å². The second-order valence-corrected chi connectivity index (χ2v) is 11.2. The van der Waals surface area contributed by atoms with Crippen molar-refractivity contribution in [1.29, 1.82) is 0 Å². The summed E-state index contributed by atoms with van der Waals surface area (Å²) in [5, 5.41) is 16.6. The van der Waals surface area contributed by atoms with Gasteiger partial charge >= 0.3 is 5.97 Å². The Morgan fingerprint density at radius 2 is 1.69 bits per heavy atom. The van der Waals surface area contributed by atoms with E-state index in [1.165, 1.54) is 44.0 Å². The Hall–Kier alpha value is -4.88. The highest BCUT2D eigenvalue weighted by atomic mass is 32.2. The van der Waals surface area contributed by atoms with Gasteiger partial charge in [0.25, 0.3) is 5.91 Å². The van der Waals surface area contributed by atoms with Gasteiger partial charge in [0, 0.05) is 17.3 Å². The smallest absolute Gasteiger partial charge is 0.356 e. The number of nitrogens with zero attached hydrogens (tertiary/aromatic N) is 2. The van der Waals surface area contributed by atoms with Crippen LogP contribution in [-0.4, -0.2) is 55.4 Å². The average Bonchev–Trinajstić information content (AvgIpc) is 3.73. The molecule has 0 atom stereocenters. The first-order chi connectivity index (χ1) is 20.1. The van der Waals surface area contributed by atoms with Gasteiger partial charge < -0.3 is 24.6 Å². The van der Waals surface area contributed by atoms with Gasteiger partial charge in [-0.3, -0.25) is 4.79 Å². The van der Waals surface area contributed by atoms with Crippen molar-refractivity contribution >= 4 is 27.6 Å². The molecule has 0 bridgehead atoms. The fourth-order valence-electron chi connectivity index (χ4n) is 4.20. The number of aromatic nitrogens is 2. The third kappa shape index (κ3) is 5.92. The zero-order valence-corrected chi connectivity index (χ0v) is 23.8. The van der Waals surface area contributed by atoms with Crippen molar-refractivity contribution in [2.75, 3.05) is 19.5 Å². The highest BCUT2D eigenvalue weighted by Gasteiger charge is 2.31. The molecule has 13 heteroatoms. The Morgan fingerprint density at radius 1 is 0.976 bits per heavy atom. The van der Waals surface area contributed by atoms with Crippen LogP contribution >= 0.6 is 0 Å². The summed E-state index contributed by atoms with van der Waals surface area (Å²) in [5.41, 5.74) is 0.845. The standard InChI is InChI=1S/C29H28N4O8S/c1-17-26(29(35)36)31-33(20-11-13-21(39-2)14-12-20)28(17)41-24-15-10-19(16-25(24)42(37,38)32-18-8-9-18)30-27(34)22-6-4-5-7-23(22)40-3/h4-7,10-16,18,32H,8-9H2,1-3H3,(H,30,34)(H,35,36). The average molecular weight is 593 g/mol. The molecule has 1 aliphatic rings. The molecule has 1 amide bonds. The first-order valence-electron chi connectivity index (χ1n) is 12.9. The van der Waals surface area contributed by atoms with Crippen molar-refractivity contribution < 1.29 is 37.3 Å². The zero-order chi connectivity index (χ0) is 30.0. The Labute approximate surface area is 241 Å².